The van der Waals surface area contributed by atoms with Gasteiger partial charge in [-0.3, -0.25) is 0 Å². The summed E-state index contributed by atoms with van der Waals surface area (Å²) < 4.78 is 0. The maximum Gasteiger partial charge on any atom is 0.337 e. The number of hydrogen-bond acceptors (Lipinski definition) is 3. The Labute approximate surface area is 125 Å². The molecular weight excluding hydrogens is 276 g/mol. The zero-order chi connectivity index (χ0) is 15.3. The number of carboxylic acids is 1. The molecule has 1 unspecified atom stereocenters. The van der Waals surface area contributed by atoms with E-state index in [1.807, 2.05) is 14.1 Å². The van der Waals surface area contributed by atoms with Crippen molar-refractivity contribution in [2.24, 2.45) is 5.92 Å². The first-order chi connectivity index (χ1) is 9.29. The Hall–Kier alpha value is -1.26. The largest absolute Gasteiger partial charge is 0.478 e. The molecule has 0 radical (unpaired) electrons. The standard InChI is InChI=1S/C15H23ClN2O2/c1-10(2)7-12(9-18(3)4)17-11-5-6-13(15(19)20)14(16)8-11/h5-6,8,10,12,17H,7,9H2,1-4H3,(H,19,20). The van der Waals surface area contributed by atoms with E-state index < -0.39 is 5.97 Å². The predicted molar refractivity (Wildman–Crippen MR) is 83.8 cm³/mol. The summed E-state index contributed by atoms with van der Waals surface area (Å²) in [6, 6.07) is 5.28. The maximum absolute atomic E-state index is 10.9. The topological polar surface area (TPSA) is 52.6 Å². The number of halogens is 1. The molecule has 0 saturated carbocycles. The lowest BCUT2D eigenvalue weighted by Crippen LogP contribution is -2.33. The molecule has 112 valence electrons. The summed E-state index contributed by atoms with van der Waals surface area (Å²) in [5.41, 5.74) is 0.984. The van der Waals surface area contributed by atoms with Crippen LogP contribution in [-0.2, 0) is 0 Å². The molecule has 1 aromatic carbocycles. The van der Waals surface area contributed by atoms with E-state index in [9.17, 15) is 4.79 Å². The summed E-state index contributed by atoms with van der Waals surface area (Å²) in [7, 11) is 4.07. The molecule has 0 aromatic heterocycles. The molecule has 0 amide bonds. The summed E-state index contributed by atoms with van der Waals surface area (Å²) in [5, 5.41) is 12.7. The van der Waals surface area contributed by atoms with Crippen LogP contribution in [0.25, 0.3) is 0 Å². The smallest absolute Gasteiger partial charge is 0.337 e. The molecule has 0 aliphatic heterocycles. The van der Waals surface area contributed by atoms with E-state index in [0.29, 0.717) is 12.0 Å². The normalized spacial score (nSPS) is 12.8. The Morgan fingerprint density at radius 3 is 2.50 bits per heavy atom. The summed E-state index contributed by atoms with van der Waals surface area (Å²) >= 11 is 5.99. The highest BCUT2D eigenvalue weighted by molar-refractivity contribution is 6.33. The Morgan fingerprint density at radius 2 is 2.05 bits per heavy atom. The predicted octanol–water partition coefficient (Wildman–Crippen LogP) is 3.43. The van der Waals surface area contributed by atoms with E-state index in [0.717, 1.165) is 18.7 Å². The number of benzene rings is 1. The van der Waals surface area contributed by atoms with Crippen LogP contribution in [0.15, 0.2) is 18.2 Å². The van der Waals surface area contributed by atoms with E-state index >= 15 is 0 Å². The lowest BCUT2D eigenvalue weighted by molar-refractivity contribution is 0.0697. The van der Waals surface area contributed by atoms with Crippen molar-refractivity contribution in [3.8, 4) is 0 Å². The number of anilines is 1. The van der Waals surface area contributed by atoms with E-state index in [4.69, 9.17) is 16.7 Å². The molecule has 4 nitrogen and oxygen atoms in total. The second-order valence-electron chi connectivity index (χ2n) is 5.73. The first kappa shape index (κ1) is 16.8. The number of nitrogens with zero attached hydrogens (tertiary/aromatic N) is 1. The number of rotatable bonds is 7. The molecular formula is C15H23ClN2O2. The highest BCUT2D eigenvalue weighted by atomic mass is 35.5. The summed E-state index contributed by atoms with van der Waals surface area (Å²) in [5.74, 6) is -0.421. The first-order valence-corrected chi connectivity index (χ1v) is 7.11. The Balaban J connectivity index is 2.82. The lowest BCUT2D eigenvalue weighted by Gasteiger charge is -2.25. The van der Waals surface area contributed by atoms with Gasteiger partial charge in [-0.2, -0.15) is 0 Å². The molecule has 0 saturated heterocycles. The Kier molecular flexibility index (Phi) is 6.30. The Morgan fingerprint density at radius 1 is 1.40 bits per heavy atom. The minimum atomic E-state index is -1.01. The highest BCUT2D eigenvalue weighted by Crippen LogP contribution is 2.22. The van der Waals surface area contributed by atoms with Gasteiger partial charge in [0.1, 0.15) is 0 Å². The van der Waals surface area contributed by atoms with Crippen LogP contribution < -0.4 is 5.32 Å². The van der Waals surface area contributed by atoms with Gasteiger partial charge in [0.25, 0.3) is 0 Å². The SMILES string of the molecule is CC(C)CC(CN(C)C)Nc1ccc(C(=O)O)c(Cl)c1. The molecule has 0 fully saturated rings. The van der Waals surface area contributed by atoms with Gasteiger partial charge in [-0.25, -0.2) is 4.79 Å². The molecule has 0 aliphatic rings. The van der Waals surface area contributed by atoms with Crippen LogP contribution in [-0.4, -0.2) is 42.7 Å². The molecule has 1 atom stereocenters. The van der Waals surface area contributed by atoms with Crippen molar-refractivity contribution in [1.82, 2.24) is 4.90 Å². The van der Waals surface area contributed by atoms with Gasteiger partial charge in [-0.1, -0.05) is 25.4 Å². The van der Waals surface area contributed by atoms with Crippen molar-refractivity contribution in [3.63, 3.8) is 0 Å². The van der Waals surface area contributed by atoms with Crippen molar-refractivity contribution < 1.29 is 9.90 Å². The van der Waals surface area contributed by atoms with E-state index in [-0.39, 0.29) is 10.6 Å². The minimum absolute atomic E-state index is 0.130. The molecule has 1 rings (SSSR count). The zero-order valence-corrected chi connectivity index (χ0v) is 13.2. The molecule has 0 spiro atoms. The minimum Gasteiger partial charge on any atom is -0.478 e. The quantitative estimate of drug-likeness (QED) is 0.810. The van der Waals surface area contributed by atoms with Crippen LogP contribution >= 0.6 is 11.6 Å². The van der Waals surface area contributed by atoms with Crippen LogP contribution in [0.3, 0.4) is 0 Å². The van der Waals surface area contributed by atoms with Gasteiger partial charge in [0.15, 0.2) is 0 Å². The average Bonchev–Trinajstić information content (AvgIpc) is 2.26. The molecule has 5 heteroatoms. The highest BCUT2D eigenvalue weighted by Gasteiger charge is 2.14. The fourth-order valence-electron chi connectivity index (χ4n) is 2.20. The maximum atomic E-state index is 10.9. The summed E-state index contributed by atoms with van der Waals surface area (Å²) in [6.45, 7) is 5.28. The second kappa shape index (κ2) is 7.50. The van der Waals surface area contributed by atoms with Gasteiger partial charge < -0.3 is 15.3 Å². The van der Waals surface area contributed by atoms with Crippen LogP contribution in [0, 0.1) is 5.92 Å². The van der Waals surface area contributed by atoms with Gasteiger partial charge >= 0.3 is 5.97 Å². The van der Waals surface area contributed by atoms with Crippen LogP contribution in [0.2, 0.25) is 5.02 Å². The van der Waals surface area contributed by atoms with E-state index in [1.54, 1.807) is 12.1 Å². The number of likely N-dealkylation sites (N-methyl/N-ethyl adjacent to an activating group) is 1. The summed E-state index contributed by atoms with van der Waals surface area (Å²) in [6.07, 6.45) is 1.04. The molecule has 0 heterocycles. The monoisotopic (exact) mass is 298 g/mol. The molecule has 0 bridgehead atoms. The third-order valence-electron chi connectivity index (χ3n) is 2.91. The van der Waals surface area contributed by atoms with Crippen LogP contribution in [0.4, 0.5) is 5.69 Å². The van der Waals surface area contributed by atoms with Gasteiger partial charge in [0.2, 0.25) is 0 Å². The van der Waals surface area contributed by atoms with Gasteiger partial charge in [0, 0.05) is 18.3 Å². The lowest BCUT2D eigenvalue weighted by atomic mass is 10.0. The van der Waals surface area contributed by atoms with Gasteiger partial charge in [0.05, 0.1) is 10.6 Å². The fraction of sp³-hybridized carbons (Fsp3) is 0.533. The average molecular weight is 299 g/mol. The third kappa shape index (κ3) is 5.39. The van der Waals surface area contributed by atoms with Crippen LogP contribution in [0.5, 0.6) is 0 Å². The molecule has 2 N–H and O–H groups in total. The third-order valence-corrected chi connectivity index (χ3v) is 3.22. The number of hydrogen-bond donors (Lipinski definition) is 2. The van der Waals surface area contributed by atoms with E-state index in [2.05, 4.69) is 24.1 Å². The fourth-order valence-corrected chi connectivity index (χ4v) is 2.46. The molecule has 0 aliphatic carbocycles. The van der Waals surface area contributed by atoms with E-state index in [1.165, 1.54) is 6.07 Å². The number of aromatic carboxylic acids is 1. The van der Waals surface area contributed by atoms with Gasteiger partial charge in [-0.05, 0) is 44.6 Å². The zero-order valence-electron chi connectivity index (χ0n) is 12.5. The molecule has 1 aromatic rings. The number of carbonyl (C=O) groups is 1. The number of nitrogens with one attached hydrogen (secondary N) is 1. The Bertz CT molecular complexity index is 451. The van der Waals surface area contributed by atoms with Crippen LogP contribution in [0.1, 0.15) is 30.6 Å². The second-order valence-corrected chi connectivity index (χ2v) is 6.14. The molecule has 20 heavy (non-hydrogen) atoms. The summed E-state index contributed by atoms with van der Waals surface area (Å²) in [4.78, 5) is 13.1. The van der Waals surface area contributed by atoms with Crippen molar-refractivity contribution in [1.29, 1.82) is 0 Å². The van der Waals surface area contributed by atoms with Gasteiger partial charge in [-0.15, -0.1) is 0 Å². The first-order valence-electron chi connectivity index (χ1n) is 6.73. The number of carboxylic acid groups (broad SMARTS) is 1. The van der Waals surface area contributed by atoms with Crippen molar-refractivity contribution in [2.45, 2.75) is 26.3 Å². The van der Waals surface area contributed by atoms with Crippen molar-refractivity contribution >= 4 is 23.3 Å². The van der Waals surface area contributed by atoms with Crippen molar-refractivity contribution in [3.05, 3.63) is 28.8 Å². The van der Waals surface area contributed by atoms with Crippen molar-refractivity contribution in [2.75, 3.05) is 26.0 Å².